The van der Waals surface area contributed by atoms with Crippen molar-refractivity contribution in [3.8, 4) is 5.75 Å². The van der Waals surface area contributed by atoms with Gasteiger partial charge in [0.2, 0.25) is 0 Å². The van der Waals surface area contributed by atoms with Crippen molar-refractivity contribution in [2.75, 3.05) is 0 Å². The number of hydrogen-bond acceptors (Lipinski definition) is 2. The number of benzene rings is 1. The van der Waals surface area contributed by atoms with E-state index in [1.165, 1.54) is 44.1 Å². The third-order valence-electron chi connectivity index (χ3n) is 5.41. The first-order chi connectivity index (χ1) is 12.2. The standard InChI is InChI=1S/C23H34O2/c1-3-5-7-9-19-11-15-21(16-12-19)23(24)25-22-17-13-20(14-18-22)10-8-6-4-2/h4,13-14,17-19,21H,2-3,5-12,15-16H2,1H3. The Hall–Kier alpha value is -1.57. The second kappa shape index (κ2) is 11.1. The van der Waals surface area contributed by atoms with E-state index in [-0.39, 0.29) is 11.9 Å². The number of esters is 1. The van der Waals surface area contributed by atoms with Gasteiger partial charge < -0.3 is 4.74 Å². The molecule has 0 bridgehead atoms. The highest BCUT2D eigenvalue weighted by Gasteiger charge is 2.27. The molecule has 0 N–H and O–H groups in total. The molecule has 0 aliphatic heterocycles. The quantitative estimate of drug-likeness (QED) is 0.210. The first kappa shape index (κ1) is 19.8. The molecule has 0 aromatic heterocycles. The lowest BCUT2D eigenvalue weighted by Crippen LogP contribution is -2.25. The van der Waals surface area contributed by atoms with Gasteiger partial charge in [0.1, 0.15) is 5.75 Å². The van der Waals surface area contributed by atoms with Gasteiger partial charge in [-0.25, -0.2) is 0 Å². The fourth-order valence-electron chi connectivity index (χ4n) is 3.74. The Morgan fingerprint density at radius 3 is 2.48 bits per heavy atom. The second-order valence-corrected chi connectivity index (χ2v) is 7.46. The van der Waals surface area contributed by atoms with Crippen molar-refractivity contribution >= 4 is 5.97 Å². The molecule has 1 aliphatic rings. The summed E-state index contributed by atoms with van der Waals surface area (Å²) in [6.45, 7) is 6.00. The Bertz CT molecular complexity index is 509. The predicted molar refractivity (Wildman–Crippen MR) is 105 cm³/mol. The molecule has 2 rings (SSSR count). The molecule has 0 amide bonds. The normalized spacial score (nSPS) is 20.2. The highest BCUT2D eigenvalue weighted by atomic mass is 16.5. The van der Waals surface area contributed by atoms with E-state index >= 15 is 0 Å². The Morgan fingerprint density at radius 2 is 1.84 bits per heavy atom. The van der Waals surface area contributed by atoms with Crippen molar-refractivity contribution in [3.63, 3.8) is 0 Å². The fraction of sp³-hybridized carbons (Fsp3) is 0.609. The molecule has 0 spiro atoms. The van der Waals surface area contributed by atoms with Crippen molar-refractivity contribution in [1.82, 2.24) is 0 Å². The molecule has 25 heavy (non-hydrogen) atoms. The molecule has 0 atom stereocenters. The third kappa shape index (κ3) is 7.05. The van der Waals surface area contributed by atoms with Crippen LogP contribution < -0.4 is 4.74 Å². The molecule has 138 valence electrons. The van der Waals surface area contributed by atoms with Gasteiger partial charge in [-0.2, -0.15) is 0 Å². The zero-order valence-corrected chi connectivity index (χ0v) is 15.8. The summed E-state index contributed by atoms with van der Waals surface area (Å²) in [5.74, 6) is 1.56. The molecular formula is C23H34O2. The van der Waals surface area contributed by atoms with Gasteiger partial charge in [-0.15, -0.1) is 6.58 Å². The summed E-state index contributed by atoms with van der Waals surface area (Å²) in [5, 5.41) is 0. The van der Waals surface area contributed by atoms with Crippen LogP contribution in [0.5, 0.6) is 5.75 Å². The molecule has 1 aliphatic carbocycles. The lowest BCUT2D eigenvalue weighted by atomic mass is 9.80. The average molecular weight is 343 g/mol. The van der Waals surface area contributed by atoms with E-state index in [0.29, 0.717) is 5.75 Å². The summed E-state index contributed by atoms with van der Waals surface area (Å²) in [5.41, 5.74) is 1.29. The van der Waals surface area contributed by atoms with Crippen LogP contribution in [0, 0.1) is 11.8 Å². The number of carbonyl (C=O) groups excluding carboxylic acids is 1. The Kier molecular flexibility index (Phi) is 8.79. The lowest BCUT2D eigenvalue weighted by molar-refractivity contribution is -0.140. The van der Waals surface area contributed by atoms with E-state index in [1.807, 2.05) is 18.2 Å². The largest absolute Gasteiger partial charge is 0.426 e. The van der Waals surface area contributed by atoms with Gasteiger partial charge in [0.05, 0.1) is 5.92 Å². The summed E-state index contributed by atoms with van der Waals surface area (Å²) in [7, 11) is 0. The molecule has 1 aromatic carbocycles. The van der Waals surface area contributed by atoms with Crippen molar-refractivity contribution in [3.05, 3.63) is 42.5 Å². The number of rotatable bonds is 10. The van der Waals surface area contributed by atoms with Crippen LogP contribution in [0.4, 0.5) is 0 Å². The molecule has 2 nitrogen and oxygen atoms in total. The maximum atomic E-state index is 12.4. The van der Waals surface area contributed by atoms with Crippen LogP contribution in [0.2, 0.25) is 0 Å². The highest BCUT2D eigenvalue weighted by Crippen LogP contribution is 2.33. The topological polar surface area (TPSA) is 26.3 Å². The highest BCUT2D eigenvalue weighted by molar-refractivity contribution is 5.75. The van der Waals surface area contributed by atoms with Gasteiger partial charge in [-0.1, -0.05) is 50.8 Å². The SMILES string of the molecule is C=CCCCc1ccc(OC(=O)C2CCC(CCCCC)CC2)cc1. The summed E-state index contributed by atoms with van der Waals surface area (Å²) in [6, 6.07) is 7.99. The molecule has 1 fully saturated rings. The zero-order chi connectivity index (χ0) is 17.9. The maximum Gasteiger partial charge on any atom is 0.314 e. The number of aryl methyl sites for hydroxylation is 1. The Labute approximate surface area is 153 Å². The van der Waals surface area contributed by atoms with Crippen LogP contribution in [0.25, 0.3) is 0 Å². The van der Waals surface area contributed by atoms with E-state index in [0.717, 1.165) is 38.0 Å². The van der Waals surface area contributed by atoms with Crippen LogP contribution in [0.3, 0.4) is 0 Å². The number of allylic oxidation sites excluding steroid dienone is 1. The van der Waals surface area contributed by atoms with Gasteiger partial charge in [-0.3, -0.25) is 4.79 Å². The van der Waals surface area contributed by atoms with E-state index in [1.54, 1.807) is 0 Å². The van der Waals surface area contributed by atoms with Gasteiger partial charge >= 0.3 is 5.97 Å². The first-order valence-electron chi connectivity index (χ1n) is 10.1. The predicted octanol–water partition coefficient (Wildman–Crippen LogP) is 6.49. The van der Waals surface area contributed by atoms with Crippen molar-refractivity contribution in [2.24, 2.45) is 11.8 Å². The van der Waals surface area contributed by atoms with Gasteiger partial charge in [0, 0.05) is 0 Å². The molecule has 0 saturated heterocycles. The summed E-state index contributed by atoms with van der Waals surface area (Å²) in [6.07, 6.45) is 14.8. The zero-order valence-electron chi connectivity index (χ0n) is 15.8. The number of ether oxygens (including phenoxy) is 1. The summed E-state index contributed by atoms with van der Waals surface area (Å²) in [4.78, 5) is 12.4. The van der Waals surface area contributed by atoms with Crippen LogP contribution in [0.1, 0.15) is 76.7 Å². The lowest BCUT2D eigenvalue weighted by Gasteiger charge is -2.27. The minimum absolute atomic E-state index is 0.0357. The van der Waals surface area contributed by atoms with Crippen molar-refractivity contribution < 1.29 is 9.53 Å². The van der Waals surface area contributed by atoms with Crippen molar-refractivity contribution in [2.45, 2.75) is 77.6 Å². The summed E-state index contributed by atoms with van der Waals surface area (Å²) >= 11 is 0. The van der Waals surface area contributed by atoms with Crippen molar-refractivity contribution in [1.29, 1.82) is 0 Å². The smallest absolute Gasteiger partial charge is 0.314 e. The van der Waals surface area contributed by atoms with Gasteiger partial charge in [0.25, 0.3) is 0 Å². The second-order valence-electron chi connectivity index (χ2n) is 7.46. The number of carbonyl (C=O) groups is 1. The Balaban J connectivity index is 1.72. The van der Waals surface area contributed by atoms with E-state index in [4.69, 9.17) is 4.74 Å². The Morgan fingerprint density at radius 1 is 1.12 bits per heavy atom. The van der Waals surface area contributed by atoms with Gasteiger partial charge in [0.15, 0.2) is 0 Å². The van der Waals surface area contributed by atoms with E-state index in [9.17, 15) is 4.79 Å². The van der Waals surface area contributed by atoms with Crippen LogP contribution in [-0.2, 0) is 11.2 Å². The first-order valence-corrected chi connectivity index (χ1v) is 10.1. The fourth-order valence-corrected chi connectivity index (χ4v) is 3.74. The van der Waals surface area contributed by atoms with E-state index < -0.39 is 0 Å². The maximum absolute atomic E-state index is 12.4. The third-order valence-corrected chi connectivity index (χ3v) is 5.41. The van der Waals surface area contributed by atoms with Crippen LogP contribution in [-0.4, -0.2) is 5.97 Å². The molecule has 0 heterocycles. The molecule has 0 unspecified atom stereocenters. The molecule has 2 heteroatoms. The van der Waals surface area contributed by atoms with Gasteiger partial charge in [-0.05, 0) is 68.6 Å². The average Bonchev–Trinajstić information content (AvgIpc) is 2.64. The molecule has 0 radical (unpaired) electrons. The molecule has 1 saturated carbocycles. The van der Waals surface area contributed by atoms with Crippen LogP contribution in [0.15, 0.2) is 36.9 Å². The molecular weight excluding hydrogens is 308 g/mol. The number of unbranched alkanes of at least 4 members (excludes halogenated alkanes) is 3. The minimum Gasteiger partial charge on any atom is -0.426 e. The number of hydrogen-bond donors (Lipinski definition) is 0. The minimum atomic E-state index is -0.0357. The molecule has 1 aromatic rings. The summed E-state index contributed by atoms with van der Waals surface area (Å²) < 4.78 is 5.61. The van der Waals surface area contributed by atoms with E-state index in [2.05, 4.69) is 25.6 Å². The monoisotopic (exact) mass is 342 g/mol. The van der Waals surface area contributed by atoms with Crippen LogP contribution >= 0.6 is 0 Å².